The molecular weight excluding hydrogens is 220 g/mol. The first kappa shape index (κ1) is 11.3. The van der Waals surface area contributed by atoms with E-state index in [0.717, 1.165) is 0 Å². The number of benzene rings is 1. The molecule has 0 saturated heterocycles. The van der Waals surface area contributed by atoms with Crippen LogP contribution in [0.25, 0.3) is 0 Å². The fraction of sp³-hybridized carbons (Fsp3) is 0.214. The normalized spacial score (nSPS) is 28.1. The van der Waals surface area contributed by atoms with Crippen LogP contribution in [0.1, 0.15) is 6.92 Å². The zero-order valence-corrected chi connectivity index (χ0v) is 9.95. The Morgan fingerprint density at radius 3 is 2.50 bits per heavy atom. The number of ether oxygens (including phenoxy) is 1. The summed E-state index contributed by atoms with van der Waals surface area (Å²) in [6.07, 6.45) is 8.07. The van der Waals surface area contributed by atoms with Crippen LogP contribution in [0.5, 0.6) is 5.75 Å². The van der Waals surface area contributed by atoms with Crippen LogP contribution in [0.15, 0.2) is 48.6 Å². The molecule has 1 radical (unpaired) electrons. The molecule has 0 atom stereocenters. The third-order valence-electron chi connectivity index (χ3n) is 2.52. The second-order valence-electron chi connectivity index (χ2n) is 4.10. The summed E-state index contributed by atoms with van der Waals surface area (Å²) in [7, 11) is 0. The monoisotopic (exact) mass is 233 g/mol. The van der Waals surface area contributed by atoms with E-state index in [1.54, 1.807) is 0 Å². The Kier molecular flexibility index (Phi) is 3.06. The Balaban J connectivity index is 2.19. The highest BCUT2D eigenvalue weighted by atomic mass is 35.5. The predicted octanol–water partition coefficient (Wildman–Crippen LogP) is 4.05. The molecule has 16 heavy (non-hydrogen) atoms. The lowest BCUT2D eigenvalue weighted by Gasteiger charge is -2.27. The molecule has 1 aliphatic carbocycles. The maximum atomic E-state index is 6.05. The van der Waals surface area contributed by atoms with Crippen LogP contribution in [0.3, 0.4) is 0 Å². The van der Waals surface area contributed by atoms with Crippen molar-refractivity contribution >= 4 is 11.6 Å². The Labute approximate surface area is 101 Å². The summed E-state index contributed by atoms with van der Waals surface area (Å²) in [5.41, 5.74) is -0.431. The SMILES string of the molecule is [CH2]C1C=CC(C)(Oc2ccccc2Cl)C=C1. The highest BCUT2D eigenvalue weighted by Crippen LogP contribution is 2.30. The molecule has 0 aliphatic heterocycles. The quantitative estimate of drug-likeness (QED) is 0.701. The lowest BCUT2D eigenvalue weighted by molar-refractivity contribution is 0.190. The standard InChI is InChI=1S/C14H14ClO/c1-11-7-9-14(2,10-8-11)16-13-6-4-3-5-12(13)15/h3-11H,1H2,2H3. The van der Waals surface area contributed by atoms with Crippen molar-refractivity contribution in [3.63, 3.8) is 0 Å². The molecule has 1 aromatic carbocycles. The van der Waals surface area contributed by atoms with Crippen LogP contribution in [-0.2, 0) is 0 Å². The largest absolute Gasteiger partial charge is 0.478 e. The molecule has 0 saturated carbocycles. The molecule has 1 aliphatic rings. The van der Waals surface area contributed by atoms with E-state index >= 15 is 0 Å². The van der Waals surface area contributed by atoms with E-state index in [-0.39, 0.29) is 5.92 Å². The summed E-state index contributed by atoms with van der Waals surface area (Å²) in [6, 6.07) is 7.48. The van der Waals surface area contributed by atoms with E-state index in [2.05, 4.69) is 6.92 Å². The highest BCUT2D eigenvalue weighted by molar-refractivity contribution is 6.32. The van der Waals surface area contributed by atoms with Gasteiger partial charge in [0.05, 0.1) is 5.02 Å². The summed E-state index contributed by atoms with van der Waals surface area (Å²) in [5, 5.41) is 0.627. The Morgan fingerprint density at radius 1 is 1.25 bits per heavy atom. The number of halogens is 1. The first-order valence-electron chi connectivity index (χ1n) is 5.24. The molecule has 0 aromatic heterocycles. The zero-order valence-electron chi connectivity index (χ0n) is 9.19. The van der Waals surface area contributed by atoms with Gasteiger partial charge in [-0.3, -0.25) is 0 Å². The van der Waals surface area contributed by atoms with E-state index in [1.165, 1.54) is 0 Å². The van der Waals surface area contributed by atoms with E-state index in [4.69, 9.17) is 16.3 Å². The van der Waals surface area contributed by atoms with Gasteiger partial charge in [-0.2, -0.15) is 0 Å². The van der Waals surface area contributed by atoms with E-state index in [0.29, 0.717) is 10.8 Å². The van der Waals surface area contributed by atoms with Gasteiger partial charge in [-0.25, -0.2) is 0 Å². The van der Waals surface area contributed by atoms with Crippen LogP contribution in [-0.4, -0.2) is 5.60 Å². The van der Waals surface area contributed by atoms with Crippen LogP contribution in [0, 0.1) is 12.8 Å². The van der Waals surface area contributed by atoms with Gasteiger partial charge in [-0.1, -0.05) is 35.9 Å². The third-order valence-corrected chi connectivity index (χ3v) is 2.83. The van der Waals surface area contributed by atoms with Crippen LogP contribution in [0.4, 0.5) is 0 Å². The van der Waals surface area contributed by atoms with Crippen molar-refractivity contribution in [2.45, 2.75) is 12.5 Å². The summed E-state index contributed by atoms with van der Waals surface area (Å²) in [5.74, 6) is 0.923. The minimum Gasteiger partial charge on any atom is -0.478 e. The number of allylic oxidation sites excluding steroid dienone is 2. The minimum atomic E-state index is -0.431. The molecule has 2 rings (SSSR count). The summed E-state index contributed by atoms with van der Waals surface area (Å²) < 4.78 is 5.89. The molecule has 1 aromatic rings. The second-order valence-corrected chi connectivity index (χ2v) is 4.51. The molecule has 0 N–H and O–H groups in total. The van der Waals surface area contributed by atoms with Crippen LogP contribution in [0.2, 0.25) is 5.02 Å². The van der Waals surface area contributed by atoms with Gasteiger partial charge < -0.3 is 4.74 Å². The van der Waals surface area contributed by atoms with Gasteiger partial charge in [0.15, 0.2) is 0 Å². The molecule has 0 unspecified atom stereocenters. The first-order chi connectivity index (χ1) is 7.59. The molecule has 0 heterocycles. The molecule has 0 spiro atoms. The van der Waals surface area contributed by atoms with E-state index < -0.39 is 5.60 Å². The van der Waals surface area contributed by atoms with Gasteiger partial charge in [-0.15, -0.1) is 0 Å². The Morgan fingerprint density at radius 2 is 1.88 bits per heavy atom. The molecule has 0 amide bonds. The Hall–Kier alpha value is -1.21. The van der Waals surface area contributed by atoms with Crippen molar-refractivity contribution in [2.75, 3.05) is 0 Å². The van der Waals surface area contributed by atoms with Crippen LogP contribution < -0.4 is 4.74 Å². The molecule has 2 heteroatoms. The van der Waals surface area contributed by atoms with Crippen molar-refractivity contribution in [1.29, 1.82) is 0 Å². The smallest absolute Gasteiger partial charge is 0.143 e. The summed E-state index contributed by atoms with van der Waals surface area (Å²) in [4.78, 5) is 0. The van der Waals surface area contributed by atoms with Gasteiger partial charge in [0.25, 0.3) is 0 Å². The number of para-hydroxylation sites is 1. The molecule has 83 valence electrons. The van der Waals surface area contributed by atoms with E-state index in [1.807, 2.05) is 55.5 Å². The average Bonchev–Trinajstić information content (AvgIpc) is 2.27. The molecular formula is C14H14ClO. The lowest BCUT2D eigenvalue weighted by atomic mass is 9.95. The average molecular weight is 234 g/mol. The first-order valence-corrected chi connectivity index (χ1v) is 5.62. The topological polar surface area (TPSA) is 9.23 Å². The van der Waals surface area contributed by atoms with Crippen LogP contribution >= 0.6 is 11.6 Å². The lowest BCUT2D eigenvalue weighted by Crippen LogP contribution is -2.29. The van der Waals surface area contributed by atoms with Crippen molar-refractivity contribution in [3.8, 4) is 5.75 Å². The third kappa shape index (κ3) is 2.48. The van der Waals surface area contributed by atoms with Gasteiger partial charge >= 0.3 is 0 Å². The highest BCUT2D eigenvalue weighted by Gasteiger charge is 2.23. The van der Waals surface area contributed by atoms with E-state index in [9.17, 15) is 0 Å². The summed E-state index contributed by atoms with van der Waals surface area (Å²) >= 11 is 6.05. The van der Waals surface area contributed by atoms with Crippen molar-refractivity contribution < 1.29 is 4.74 Å². The maximum Gasteiger partial charge on any atom is 0.143 e. The van der Waals surface area contributed by atoms with Crippen molar-refractivity contribution in [2.24, 2.45) is 5.92 Å². The fourth-order valence-electron chi connectivity index (χ4n) is 1.58. The fourth-order valence-corrected chi connectivity index (χ4v) is 1.76. The molecule has 0 fully saturated rings. The predicted molar refractivity (Wildman–Crippen MR) is 67.6 cm³/mol. The maximum absolute atomic E-state index is 6.05. The van der Waals surface area contributed by atoms with Gasteiger partial charge in [0, 0.05) is 0 Å². The van der Waals surface area contributed by atoms with Crippen molar-refractivity contribution in [1.82, 2.24) is 0 Å². The molecule has 1 nitrogen and oxygen atoms in total. The number of hydrogen-bond acceptors (Lipinski definition) is 1. The molecule has 0 bridgehead atoms. The van der Waals surface area contributed by atoms with Crippen molar-refractivity contribution in [3.05, 3.63) is 60.5 Å². The number of hydrogen-bond donors (Lipinski definition) is 0. The summed E-state index contributed by atoms with van der Waals surface area (Å²) in [6.45, 7) is 5.93. The van der Waals surface area contributed by atoms with Gasteiger partial charge in [0.2, 0.25) is 0 Å². The number of rotatable bonds is 2. The van der Waals surface area contributed by atoms with Gasteiger partial charge in [0.1, 0.15) is 11.4 Å². The van der Waals surface area contributed by atoms with Gasteiger partial charge in [-0.05, 0) is 44.1 Å². The zero-order chi connectivity index (χ0) is 11.6. The second kappa shape index (κ2) is 4.34. The minimum absolute atomic E-state index is 0.225. The Bertz CT molecular complexity index is 420.